The Balaban J connectivity index is 2.17. The minimum Gasteiger partial charge on any atom is -0.486 e. The predicted molar refractivity (Wildman–Crippen MR) is 68.9 cm³/mol. The first-order chi connectivity index (χ1) is 9.61. The maximum atomic E-state index is 11.4. The Morgan fingerprint density at radius 3 is 2.95 bits per heavy atom. The second-order valence-electron chi connectivity index (χ2n) is 4.47. The SMILES string of the molecule is COC(=O)c1ccc([N+](=O)[O-])c(OC[C@H]2CCOC2)c1. The van der Waals surface area contributed by atoms with Crippen molar-refractivity contribution in [1.29, 1.82) is 0 Å². The van der Waals surface area contributed by atoms with Crippen molar-refractivity contribution in [2.75, 3.05) is 26.9 Å². The molecule has 1 aromatic carbocycles. The van der Waals surface area contributed by atoms with Crippen molar-refractivity contribution in [3.8, 4) is 5.75 Å². The Labute approximate surface area is 115 Å². The molecule has 20 heavy (non-hydrogen) atoms. The molecule has 0 aliphatic carbocycles. The predicted octanol–water partition coefficient (Wildman–Crippen LogP) is 1.80. The van der Waals surface area contributed by atoms with Crippen molar-refractivity contribution >= 4 is 11.7 Å². The average Bonchev–Trinajstić information content (AvgIpc) is 2.97. The fourth-order valence-electron chi connectivity index (χ4n) is 1.95. The van der Waals surface area contributed by atoms with Crippen molar-refractivity contribution in [1.82, 2.24) is 0 Å². The number of rotatable bonds is 5. The number of methoxy groups -OCH3 is 1. The molecule has 1 fully saturated rings. The maximum absolute atomic E-state index is 11.4. The normalized spacial score (nSPS) is 17.8. The van der Waals surface area contributed by atoms with E-state index < -0.39 is 10.9 Å². The van der Waals surface area contributed by atoms with E-state index in [-0.39, 0.29) is 22.9 Å². The molecule has 0 N–H and O–H groups in total. The van der Waals surface area contributed by atoms with Gasteiger partial charge in [-0.05, 0) is 12.5 Å². The summed E-state index contributed by atoms with van der Waals surface area (Å²) in [6.07, 6.45) is 0.866. The Morgan fingerprint density at radius 1 is 1.55 bits per heavy atom. The first-order valence-electron chi connectivity index (χ1n) is 6.19. The van der Waals surface area contributed by atoms with Crippen LogP contribution in [0.1, 0.15) is 16.8 Å². The van der Waals surface area contributed by atoms with Gasteiger partial charge in [-0.2, -0.15) is 0 Å². The lowest BCUT2D eigenvalue weighted by atomic mass is 10.1. The molecule has 1 saturated heterocycles. The van der Waals surface area contributed by atoms with E-state index in [9.17, 15) is 14.9 Å². The summed E-state index contributed by atoms with van der Waals surface area (Å²) in [6.45, 7) is 1.59. The van der Waals surface area contributed by atoms with E-state index in [0.717, 1.165) is 6.42 Å². The quantitative estimate of drug-likeness (QED) is 0.464. The van der Waals surface area contributed by atoms with Gasteiger partial charge in [-0.15, -0.1) is 0 Å². The van der Waals surface area contributed by atoms with Gasteiger partial charge >= 0.3 is 11.7 Å². The lowest BCUT2D eigenvalue weighted by Gasteiger charge is -2.11. The van der Waals surface area contributed by atoms with Crippen LogP contribution in [0.4, 0.5) is 5.69 Å². The minimum absolute atomic E-state index is 0.0739. The number of benzene rings is 1. The Hall–Kier alpha value is -2.15. The summed E-state index contributed by atoms with van der Waals surface area (Å²) in [5, 5.41) is 11.0. The van der Waals surface area contributed by atoms with Gasteiger partial charge in [-0.3, -0.25) is 10.1 Å². The Kier molecular flexibility index (Phi) is 4.52. The number of ether oxygens (including phenoxy) is 3. The zero-order valence-corrected chi connectivity index (χ0v) is 11.0. The monoisotopic (exact) mass is 281 g/mol. The molecular formula is C13H15NO6. The van der Waals surface area contributed by atoms with Crippen molar-refractivity contribution in [2.24, 2.45) is 5.92 Å². The lowest BCUT2D eigenvalue weighted by molar-refractivity contribution is -0.385. The molecule has 1 aliphatic heterocycles. The average molecular weight is 281 g/mol. The number of carbonyl (C=O) groups is 1. The highest BCUT2D eigenvalue weighted by Crippen LogP contribution is 2.29. The summed E-state index contributed by atoms with van der Waals surface area (Å²) in [6, 6.07) is 3.92. The Bertz CT molecular complexity index is 510. The highest BCUT2D eigenvalue weighted by Gasteiger charge is 2.21. The minimum atomic E-state index is -0.561. The molecule has 0 spiro atoms. The largest absolute Gasteiger partial charge is 0.486 e. The smallest absolute Gasteiger partial charge is 0.337 e. The zero-order chi connectivity index (χ0) is 14.5. The summed E-state index contributed by atoms with van der Waals surface area (Å²) in [4.78, 5) is 21.9. The first kappa shape index (κ1) is 14.3. The van der Waals surface area contributed by atoms with Gasteiger partial charge in [-0.25, -0.2) is 4.79 Å². The van der Waals surface area contributed by atoms with Gasteiger partial charge in [-0.1, -0.05) is 0 Å². The van der Waals surface area contributed by atoms with E-state index in [1.54, 1.807) is 0 Å². The molecule has 1 aliphatic rings. The van der Waals surface area contributed by atoms with Crippen LogP contribution in [-0.2, 0) is 9.47 Å². The molecule has 0 radical (unpaired) electrons. The van der Waals surface area contributed by atoms with Crippen molar-refractivity contribution < 1.29 is 23.9 Å². The molecule has 1 atom stereocenters. The second-order valence-corrected chi connectivity index (χ2v) is 4.47. The number of nitrogens with zero attached hydrogens (tertiary/aromatic N) is 1. The van der Waals surface area contributed by atoms with Gasteiger partial charge in [0.2, 0.25) is 0 Å². The molecular weight excluding hydrogens is 266 g/mol. The van der Waals surface area contributed by atoms with E-state index in [0.29, 0.717) is 19.8 Å². The lowest BCUT2D eigenvalue weighted by Crippen LogP contribution is -2.13. The molecule has 108 valence electrons. The molecule has 7 heteroatoms. The van der Waals surface area contributed by atoms with Gasteiger partial charge in [0.15, 0.2) is 5.75 Å². The van der Waals surface area contributed by atoms with Crippen LogP contribution in [0.3, 0.4) is 0 Å². The topological polar surface area (TPSA) is 87.9 Å². The van der Waals surface area contributed by atoms with Crippen molar-refractivity contribution in [3.05, 3.63) is 33.9 Å². The molecule has 7 nitrogen and oxygen atoms in total. The van der Waals surface area contributed by atoms with Crippen LogP contribution in [0.5, 0.6) is 5.75 Å². The van der Waals surface area contributed by atoms with Crippen LogP contribution in [-0.4, -0.2) is 37.8 Å². The van der Waals surface area contributed by atoms with Crippen molar-refractivity contribution in [2.45, 2.75) is 6.42 Å². The van der Waals surface area contributed by atoms with E-state index >= 15 is 0 Å². The molecule has 1 heterocycles. The number of hydrogen-bond acceptors (Lipinski definition) is 6. The summed E-state index contributed by atoms with van der Waals surface area (Å²) in [7, 11) is 1.25. The van der Waals surface area contributed by atoms with Crippen LogP contribution in [0, 0.1) is 16.0 Å². The van der Waals surface area contributed by atoms with Crippen LogP contribution in [0.15, 0.2) is 18.2 Å². The molecule has 0 unspecified atom stereocenters. The number of nitro benzene ring substituents is 1. The standard InChI is InChI=1S/C13H15NO6/c1-18-13(15)10-2-3-11(14(16)17)12(6-10)20-8-9-4-5-19-7-9/h2-3,6,9H,4-5,7-8H2,1H3/t9-/m0/s1. The number of hydrogen-bond donors (Lipinski definition) is 0. The van der Waals surface area contributed by atoms with Crippen LogP contribution in [0.2, 0.25) is 0 Å². The molecule has 0 amide bonds. The highest BCUT2D eigenvalue weighted by molar-refractivity contribution is 5.90. The van der Waals surface area contributed by atoms with E-state index in [1.165, 1.54) is 25.3 Å². The van der Waals surface area contributed by atoms with Gasteiger partial charge in [0, 0.05) is 24.7 Å². The third-order valence-electron chi connectivity index (χ3n) is 3.08. The maximum Gasteiger partial charge on any atom is 0.337 e. The number of esters is 1. The molecule has 2 rings (SSSR count). The van der Waals surface area contributed by atoms with E-state index in [1.807, 2.05) is 0 Å². The zero-order valence-electron chi connectivity index (χ0n) is 11.0. The van der Waals surface area contributed by atoms with Crippen molar-refractivity contribution in [3.63, 3.8) is 0 Å². The summed E-state index contributed by atoms with van der Waals surface area (Å²) < 4.78 is 15.3. The second kappa shape index (κ2) is 6.33. The van der Waals surface area contributed by atoms with Gasteiger partial charge in [0.25, 0.3) is 0 Å². The molecule has 0 saturated carbocycles. The Morgan fingerprint density at radius 2 is 2.35 bits per heavy atom. The van der Waals surface area contributed by atoms with Crippen LogP contribution >= 0.6 is 0 Å². The van der Waals surface area contributed by atoms with Gasteiger partial charge in [0.1, 0.15) is 0 Å². The van der Waals surface area contributed by atoms with E-state index in [2.05, 4.69) is 4.74 Å². The highest BCUT2D eigenvalue weighted by atomic mass is 16.6. The summed E-state index contributed by atoms with van der Waals surface area (Å²) in [5.74, 6) is -0.268. The van der Waals surface area contributed by atoms with Gasteiger partial charge in [0.05, 0.1) is 30.8 Å². The molecule has 0 bridgehead atoms. The first-order valence-corrected chi connectivity index (χ1v) is 6.19. The fraction of sp³-hybridized carbons (Fsp3) is 0.462. The fourth-order valence-corrected chi connectivity index (χ4v) is 1.95. The summed E-state index contributed by atoms with van der Waals surface area (Å²) in [5.41, 5.74) is 0.0485. The van der Waals surface area contributed by atoms with Crippen LogP contribution in [0.25, 0.3) is 0 Å². The third-order valence-corrected chi connectivity index (χ3v) is 3.08. The molecule has 1 aromatic rings. The summed E-state index contributed by atoms with van der Waals surface area (Å²) >= 11 is 0. The number of carbonyl (C=O) groups excluding carboxylic acids is 1. The molecule has 0 aromatic heterocycles. The van der Waals surface area contributed by atoms with Gasteiger partial charge < -0.3 is 14.2 Å². The third kappa shape index (κ3) is 3.24. The number of nitro groups is 1. The van der Waals surface area contributed by atoms with Crippen LogP contribution < -0.4 is 4.74 Å². The van der Waals surface area contributed by atoms with E-state index in [4.69, 9.17) is 9.47 Å².